The lowest BCUT2D eigenvalue weighted by Crippen LogP contribution is -1.87. The lowest BCUT2D eigenvalue weighted by Gasteiger charge is -2.04. The molecule has 3 N–H and O–H groups in total. The molecular weight excluding hydrogens is 226 g/mol. The van der Waals surface area contributed by atoms with Crippen LogP contribution in [0.5, 0.6) is 0 Å². The first-order valence-electron chi connectivity index (χ1n) is 5.52. The maximum absolute atomic E-state index is 10.5. The summed E-state index contributed by atoms with van der Waals surface area (Å²) < 4.78 is 0. The van der Waals surface area contributed by atoms with Gasteiger partial charge in [0, 0.05) is 11.8 Å². The van der Waals surface area contributed by atoms with Crippen LogP contribution in [-0.2, 0) is 4.79 Å². The number of carboxylic acids is 1. The molecule has 0 aliphatic carbocycles. The van der Waals surface area contributed by atoms with Crippen LogP contribution in [0.25, 0.3) is 17.2 Å². The topological polar surface area (TPSA) is 63.3 Å². The predicted octanol–water partition coefficient (Wildman–Crippen LogP) is 3.03. The summed E-state index contributed by atoms with van der Waals surface area (Å²) >= 11 is 0. The molecule has 90 valence electrons. The Morgan fingerprint density at radius 3 is 2.39 bits per heavy atom. The summed E-state index contributed by atoms with van der Waals surface area (Å²) in [7, 11) is 0. The van der Waals surface area contributed by atoms with Crippen molar-refractivity contribution < 1.29 is 9.90 Å². The predicted molar refractivity (Wildman–Crippen MR) is 73.0 cm³/mol. The van der Waals surface area contributed by atoms with Gasteiger partial charge < -0.3 is 10.8 Å². The number of carboxylic acid groups (broad SMARTS) is 1. The van der Waals surface area contributed by atoms with Crippen LogP contribution in [0.4, 0.5) is 5.69 Å². The van der Waals surface area contributed by atoms with Crippen LogP contribution >= 0.6 is 0 Å². The standard InChI is InChI=1S/C15H13NO2/c16-14-6-2-5-13(10-14)12-4-1-3-11(9-12)7-8-15(17)18/h1-10H,16H2,(H,17,18)/b8-7+. The van der Waals surface area contributed by atoms with Gasteiger partial charge in [0.2, 0.25) is 0 Å². The van der Waals surface area contributed by atoms with Crippen molar-refractivity contribution in [1.82, 2.24) is 0 Å². The van der Waals surface area contributed by atoms with E-state index in [1.807, 2.05) is 48.5 Å². The zero-order valence-electron chi connectivity index (χ0n) is 9.71. The summed E-state index contributed by atoms with van der Waals surface area (Å²) in [6.45, 7) is 0. The number of nitrogens with two attached hydrogens (primary N) is 1. The third kappa shape index (κ3) is 2.98. The normalized spacial score (nSPS) is 10.7. The average molecular weight is 239 g/mol. The Morgan fingerprint density at radius 2 is 1.72 bits per heavy atom. The maximum Gasteiger partial charge on any atom is 0.328 e. The highest BCUT2D eigenvalue weighted by molar-refractivity contribution is 5.85. The fourth-order valence-electron chi connectivity index (χ4n) is 1.71. The first-order valence-corrected chi connectivity index (χ1v) is 5.52. The molecule has 2 rings (SSSR count). The largest absolute Gasteiger partial charge is 0.478 e. The number of rotatable bonds is 3. The fraction of sp³-hybridized carbons (Fsp3) is 0. The summed E-state index contributed by atoms with van der Waals surface area (Å²) in [5.41, 5.74) is 9.32. The zero-order valence-corrected chi connectivity index (χ0v) is 9.71. The van der Waals surface area contributed by atoms with Gasteiger partial charge in [-0.1, -0.05) is 30.3 Å². The molecule has 0 bridgehead atoms. The van der Waals surface area contributed by atoms with Gasteiger partial charge in [-0.25, -0.2) is 4.79 Å². The Morgan fingerprint density at radius 1 is 1.06 bits per heavy atom. The van der Waals surface area contributed by atoms with E-state index in [0.717, 1.165) is 22.8 Å². The molecule has 0 aliphatic rings. The number of nitrogen functional groups attached to an aromatic ring is 1. The monoisotopic (exact) mass is 239 g/mol. The molecular formula is C15H13NO2. The number of carbonyl (C=O) groups is 1. The summed E-state index contributed by atoms with van der Waals surface area (Å²) in [6, 6.07) is 15.2. The highest BCUT2D eigenvalue weighted by Crippen LogP contribution is 2.22. The molecule has 0 spiro atoms. The van der Waals surface area contributed by atoms with Crippen molar-refractivity contribution in [2.75, 3.05) is 5.73 Å². The third-order valence-corrected chi connectivity index (χ3v) is 2.52. The number of hydrogen-bond acceptors (Lipinski definition) is 2. The Labute approximate surface area is 105 Å². The van der Waals surface area contributed by atoms with Crippen LogP contribution in [-0.4, -0.2) is 11.1 Å². The minimum Gasteiger partial charge on any atom is -0.478 e. The summed E-state index contributed by atoms with van der Waals surface area (Å²) in [5, 5.41) is 8.59. The average Bonchev–Trinajstić information content (AvgIpc) is 2.37. The second-order valence-corrected chi connectivity index (χ2v) is 3.92. The first-order chi connectivity index (χ1) is 8.65. The molecule has 0 aromatic heterocycles. The molecule has 0 amide bonds. The molecule has 0 fully saturated rings. The van der Waals surface area contributed by atoms with Gasteiger partial charge in [-0.3, -0.25) is 0 Å². The number of benzene rings is 2. The van der Waals surface area contributed by atoms with Crippen molar-refractivity contribution in [1.29, 1.82) is 0 Å². The van der Waals surface area contributed by atoms with Crippen molar-refractivity contribution in [2.24, 2.45) is 0 Å². The van der Waals surface area contributed by atoms with Crippen LogP contribution in [0.2, 0.25) is 0 Å². The van der Waals surface area contributed by atoms with Crippen LogP contribution in [0.15, 0.2) is 54.6 Å². The van der Waals surface area contributed by atoms with E-state index in [1.54, 1.807) is 6.08 Å². The Balaban J connectivity index is 2.35. The molecule has 0 saturated heterocycles. The highest BCUT2D eigenvalue weighted by atomic mass is 16.4. The highest BCUT2D eigenvalue weighted by Gasteiger charge is 1.98. The summed E-state index contributed by atoms with van der Waals surface area (Å²) in [5.74, 6) is -0.954. The van der Waals surface area contributed by atoms with Gasteiger partial charge in [-0.05, 0) is 41.0 Å². The molecule has 0 aliphatic heterocycles. The van der Waals surface area contributed by atoms with E-state index in [2.05, 4.69) is 0 Å². The van der Waals surface area contributed by atoms with Gasteiger partial charge in [0.1, 0.15) is 0 Å². The van der Waals surface area contributed by atoms with E-state index >= 15 is 0 Å². The van der Waals surface area contributed by atoms with Gasteiger partial charge in [0.25, 0.3) is 0 Å². The van der Waals surface area contributed by atoms with Gasteiger partial charge in [0.15, 0.2) is 0 Å². The summed E-state index contributed by atoms with van der Waals surface area (Å²) in [4.78, 5) is 10.5. The second kappa shape index (κ2) is 5.19. The van der Waals surface area contributed by atoms with Crippen LogP contribution in [0.3, 0.4) is 0 Å². The van der Waals surface area contributed by atoms with Gasteiger partial charge >= 0.3 is 5.97 Å². The molecule has 2 aromatic carbocycles. The molecule has 2 aromatic rings. The third-order valence-electron chi connectivity index (χ3n) is 2.52. The van der Waals surface area contributed by atoms with Crippen LogP contribution in [0.1, 0.15) is 5.56 Å². The molecule has 0 unspecified atom stereocenters. The van der Waals surface area contributed by atoms with Crippen molar-refractivity contribution in [3.63, 3.8) is 0 Å². The zero-order chi connectivity index (χ0) is 13.0. The Bertz CT molecular complexity index is 603. The number of aliphatic carboxylic acids is 1. The molecule has 18 heavy (non-hydrogen) atoms. The quantitative estimate of drug-likeness (QED) is 0.639. The second-order valence-electron chi connectivity index (χ2n) is 3.92. The van der Waals surface area contributed by atoms with E-state index in [9.17, 15) is 4.79 Å². The molecule has 0 heterocycles. The van der Waals surface area contributed by atoms with Crippen molar-refractivity contribution in [3.8, 4) is 11.1 Å². The smallest absolute Gasteiger partial charge is 0.328 e. The molecule has 3 nitrogen and oxygen atoms in total. The van der Waals surface area contributed by atoms with E-state index in [4.69, 9.17) is 10.8 Å². The minimum absolute atomic E-state index is 0.707. The summed E-state index contributed by atoms with van der Waals surface area (Å²) in [6.07, 6.45) is 2.69. The lowest BCUT2D eigenvalue weighted by molar-refractivity contribution is -0.131. The van der Waals surface area contributed by atoms with Crippen molar-refractivity contribution >= 4 is 17.7 Å². The van der Waals surface area contributed by atoms with Crippen molar-refractivity contribution in [3.05, 3.63) is 60.2 Å². The van der Waals surface area contributed by atoms with E-state index in [-0.39, 0.29) is 0 Å². The Hall–Kier alpha value is -2.55. The SMILES string of the molecule is Nc1cccc(-c2cccc(/C=C/C(=O)O)c2)c1. The molecule has 0 radical (unpaired) electrons. The number of hydrogen-bond donors (Lipinski definition) is 2. The van der Waals surface area contributed by atoms with E-state index < -0.39 is 5.97 Å². The van der Waals surface area contributed by atoms with E-state index in [1.165, 1.54) is 0 Å². The van der Waals surface area contributed by atoms with Gasteiger partial charge in [0.05, 0.1) is 0 Å². The minimum atomic E-state index is -0.954. The maximum atomic E-state index is 10.5. The fourth-order valence-corrected chi connectivity index (χ4v) is 1.71. The molecule has 0 atom stereocenters. The van der Waals surface area contributed by atoms with Gasteiger partial charge in [-0.2, -0.15) is 0 Å². The van der Waals surface area contributed by atoms with E-state index in [0.29, 0.717) is 5.69 Å². The van der Waals surface area contributed by atoms with Crippen LogP contribution < -0.4 is 5.73 Å². The molecule has 3 heteroatoms. The number of anilines is 1. The Kier molecular flexibility index (Phi) is 3.44. The molecule has 0 saturated carbocycles. The van der Waals surface area contributed by atoms with Gasteiger partial charge in [-0.15, -0.1) is 0 Å². The van der Waals surface area contributed by atoms with Crippen LogP contribution in [0, 0.1) is 0 Å². The lowest BCUT2D eigenvalue weighted by atomic mass is 10.0. The van der Waals surface area contributed by atoms with Crippen molar-refractivity contribution in [2.45, 2.75) is 0 Å². The first kappa shape index (κ1) is 11.9.